The van der Waals surface area contributed by atoms with Gasteiger partial charge in [-0.15, -0.1) is 0 Å². The summed E-state index contributed by atoms with van der Waals surface area (Å²) in [7, 11) is 0. The molecule has 0 saturated carbocycles. The van der Waals surface area contributed by atoms with Crippen molar-refractivity contribution in [2.45, 2.75) is 25.8 Å². The fourth-order valence-electron chi connectivity index (χ4n) is 2.29. The molecular formula is C14H21N3O. The molecular weight excluding hydrogens is 226 g/mol. The van der Waals surface area contributed by atoms with Crippen molar-refractivity contribution < 1.29 is 4.79 Å². The minimum Gasteiger partial charge on any atom is -0.325 e. The summed E-state index contributed by atoms with van der Waals surface area (Å²) in [5.41, 5.74) is 7.96. The van der Waals surface area contributed by atoms with Crippen LogP contribution in [0.5, 0.6) is 0 Å². The number of hydrogen-bond acceptors (Lipinski definition) is 3. The summed E-state index contributed by atoms with van der Waals surface area (Å²) in [5.74, 6) is 0.0300. The lowest BCUT2D eigenvalue weighted by Crippen LogP contribution is -2.67. The second kappa shape index (κ2) is 5.08. The van der Waals surface area contributed by atoms with Crippen molar-refractivity contribution in [1.29, 1.82) is 0 Å². The summed E-state index contributed by atoms with van der Waals surface area (Å²) in [4.78, 5) is 14.0. The molecule has 0 aromatic heterocycles. The zero-order valence-electron chi connectivity index (χ0n) is 11.1. The molecule has 1 saturated heterocycles. The lowest BCUT2D eigenvalue weighted by atomic mass is 9.88. The number of para-hydroxylation sites is 1. The summed E-state index contributed by atoms with van der Waals surface area (Å²) < 4.78 is 0. The average Bonchev–Trinajstić information content (AvgIpc) is 2.30. The summed E-state index contributed by atoms with van der Waals surface area (Å²) >= 11 is 0. The van der Waals surface area contributed by atoms with Crippen LogP contribution in [0.25, 0.3) is 0 Å². The Hall–Kier alpha value is -1.39. The maximum Gasteiger partial charge on any atom is 0.238 e. The smallest absolute Gasteiger partial charge is 0.238 e. The molecule has 0 radical (unpaired) electrons. The van der Waals surface area contributed by atoms with Gasteiger partial charge in [0.15, 0.2) is 0 Å². The topological polar surface area (TPSA) is 58.4 Å². The highest BCUT2D eigenvalue weighted by atomic mass is 16.2. The Labute approximate surface area is 108 Å². The first-order valence-corrected chi connectivity index (χ1v) is 6.39. The monoisotopic (exact) mass is 247 g/mol. The van der Waals surface area contributed by atoms with E-state index < -0.39 is 0 Å². The zero-order chi connectivity index (χ0) is 13.2. The van der Waals surface area contributed by atoms with E-state index in [1.165, 1.54) is 0 Å². The Morgan fingerprint density at radius 1 is 1.44 bits per heavy atom. The molecule has 1 aromatic carbocycles. The lowest BCUT2D eigenvalue weighted by molar-refractivity contribution is -0.119. The molecule has 4 nitrogen and oxygen atoms in total. The molecule has 1 amide bonds. The zero-order valence-corrected chi connectivity index (χ0v) is 11.1. The Kier molecular flexibility index (Phi) is 3.68. The molecule has 0 bridgehead atoms. The average molecular weight is 247 g/mol. The van der Waals surface area contributed by atoms with Gasteiger partial charge in [-0.2, -0.15) is 0 Å². The highest BCUT2D eigenvalue weighted by Gasteiger charge is 2.38. The van der Waals surface area contributed by atoms with E-state index in [1.807, 2.05) is 31.2 Å². The minimum atomic E-state index is -0.0804. The number of aryl methyl sites for hydroxylation is 1. The number of nitrogens with two attached hydrogens (primary N) is 1. The molecule has 4 heteroatoms. The fourth-order valence-corrected chi connectivity index (χ4v) is 2.29. The molecule has 3 N–H and O–H groups in total. The van der Waals surface area contributed by atoms with Gasteiger partial charge in [0, 0.05) is 24.3 Å². The lowest BCUT2D eigenvalue weighted by Gasteiger charge is -2.47. The van der Waals surface area contributed by atoms with Gasteiger partial charge in [0.25, 0.3) is 0 Å². The number of nitrogens with one attached hydrogen (secondary N) is 1. The number of nitrogens with zero attached hydrogens (tertiary/aromatic N) is 1. The summed E-state index contributed by atoms with van der Waals surface area (Å²) in [6.45, 7) is 6.12. The molecule has 0 atom stereocenters. The number of hydrogen-bond donors (Lipinski definition) is 2. The van der Waals surface area contributed by atoms with Crippen LogP contribution in [0.2, 0.25) is 0 Å². The third-order valence-corrected chi connectivity index (χ3v) is 3.57. The predicted molar refractivity (Wildman–Crippen MR) is 73.5 cm³/mol. The van der Waals surface area contributed by atoms with Gasteiger partial charge in [-0.05, 0) is 25.0 Å². The summed E-state index contributed by atoms with van der Waals surface area (Å²) in [5, 5.41) is 2.93. The van der Waals surface area contributed by atoms with Crippen LogP contribution >= 0.6 is 0 Å². The number of benzene rings is 1. The molecule has 0 aliphatic carbocycles. The van der Waals surface area contributed by atoms with E-state index in [-0.39, 0.29) is 11.4 Å². The highest BCUT2D eigenvalue weighted by molar-refractivity contribution is 5.93. The molecule has 1 aromatic rings. The van der Waals surface area contributed by atoms with Gasteiger partial charge in [0.1, 0.15) is 0 Å². The van der Waals surface area contributed by atoms with Crippen LogP contribution in [0, 0.1) is 6.92 Å². The van der Waals surface area contributed by atoms with E-state index in [2.05, 4.69) is 17.1 Å². The van der Waals surface area contributed by atoms with Crippen molar-refractivity contribution in [1.82, 2.24) is 4.90 Å². The first-order chi connectivity index (χ1) is 8.52. The third kappa shape index (κ3) is 2.89. The SMILES string of the molecule is CCC1(N)CN(CC(=O)Nc2ccccc2C)C1. The van der Waals surface area contributed by atoms with Gasteiger partial charge in [0.05, 0.1) is 6.54 Å². The Bertz CT molecular complexity index is 438. The summed E-state index contributed by atoms with van der Waals surface area (Å²) in [6, 6.07) is 7.79. The molecule has 18 heavy (non-hydrogen) atoms. The maximum absolute atomic E-state index is 11.9. The normalized spacial score (nSPS) is 18.2. The fraction of sp³-hybridized carbons (Fsp3) is 0.500. The molecule has 1 heterocycles. The highest BCUT2D eigenvalue weighted by Crippen LogP contribution is 2.21. The molecule has 1 aliphatic rings. The molecule has 0 unspecified atom stereocenters. The Balaban J connectivity index is 1.82. The Morgan fingerprint density at radius 2 is 2.11 bits per heavy atom. The largest absolute Gasteiger partial charge is 0.325 e. The van der Waals surface area contributed by atoms with Crippen molar-refractivity contribution in [3.8, 4) is 0 Å². The van der Waals surface area contributed by atoms with Crippen LogP contribution < -0.4 is 11.1 Å². The van der Waals surface area contributed by atoms with Crippen LogP contribution in [-0.2, 0) is 4.79 Å². The van der Waals surface area contributed by atoms with Gasteiger partial charge in [-0.25, -0.2) is 0 Å². The van der Waals surface area contributed by atoms with Crippen LogP contribution in [-0.4, -0.2) is 36.0 Å². The first kappa shape index (κ1) is 13.1. The van der Waals surface area contributed by atoms with E-state index in [0.29, 0.717) is 6.54 Å². The molecule has 98 valence electrons. The maximum atomic E-state index is 11.9. The van der Waals surface area contributed by atoms with E-state index in [1.54, 1.807) is 0 Å². The third-order valence-electron chi connectivity index (χ3n) is 3.57. The van der Waals surface area contributed by atoms with E-state index >= 15 is 0 Å². The second-order valence-corrected chi connectivity index (χ2v) is 5.22. The number of amides is 1. The number of rotatable bonds is 4. The number of anilines is 1. The quantitative estimate of drug-likeness (QED) is 0.844. The van der Waals surface area contributed by atoms with Gasteiger partial charge in [-0.3, -0.25) is 9.69 Å². The number of likely N-dealkylation sites (tertiary alicyclic amines) is 1. The van der Waals surface area contributed by atoms with Gasteiger partial charge < -0.3 is 11.1 Å². The van der Waals surface area contributed by atoms with Gasteiger partial charge in [0.2, 0.25) is 5.91 Å². The molecule has 1 aliphatic heterocycles. The number of carbonyl (C=O) groups excluding carboxylic acids is 1. The van der Waals surface area contributed by atoms with E-state index in [0.717, 1.165) is 30.8 Å². The van der Waals surface area contributed by atoms with E-state index in [4.69, 9.17) is 5.73 Å². The van der Waals surface area contributed by atoms with Gasteiger partial charge in [-0.1, -0.05) is 25.1 Å². The first-order valence-electron chi connectivity index (χ1n) is 6.39. The Morgan fingerprint density at radius 3 is 2.72 bits per heavy atom. The predicted octanol–water partition coefficient (Wildman–Crippen LogP) is 1.36. The molecule has 0 spiro atoms. The van der Waals surface area contributed by atoms with Crippen molar-refractivity contribution >= 4 is 11.6 Å². The molecule has 1 fully saturated rings. The summed E-state index contributed by atoms with van der Waals surface area (Å²) in [6.07, 6.45) is 0.961. The van der Waals surface area contributed by atoms with Gasteiger partial charge >= 0.3 is 0 Å². The standard InChI is InChI=1S/C14H21N3O/c1-3-14(15)9-17(10-14)8-13(18)16-12-7-5-4-6-11(12)2/h4-7H,3,8-10,15H2,1-2H3,(H,16,18). The van der Waals surface area contributed by atoms with Crippen molar-refractivity contribution in [3.05, 3.63) is 29.8 Å². The van der Waals surface area contributed by atoms with Crippen LogP contribution in [0.3, 0.4) is 0 Å². The van der Waals surface area contributed by atoms with Crippen LogP contribution in [0.4, 0.5) is 5.69 Å². The minimum absolute atomic E-state index is 0.0300. The van der Waals surface area contributed by atoms with Crippen molar-refractivity contribution in [3.63, 3.8) is 0 Å². The van der Waals surface area contributed by atoms with Crippen molar-refractivity contribution in [2.24, 2.45) is 5.73 Å². The second-order valence-electron chi connectivity index (χ2n) is 5.22. The van der Waals surface area contributed by atoms with Crippen LogP contribution in [0.1, 0.15) is 18.9 Å². The van der Waals surface area contributed by atoms with Crippen LogP contribution in [0.15, 0.2) is 24.3 Å². The van der Waals surface area contributed by atoms with E-state index in [9.17, 15) is 4.79 Å². The molecule has 2 rings (SSSR count). The van der Waals surface area contributed by atoms with Crippen molar-refractivity contribution in [2.75, 3.05) is 25.0 Å². The number of carbonyl (C=O) groups is 1.